The van der Waals surface area contributed by atoms with Gasteiger partial charge in [0.25, 0.3) is 0 Å². The predicted molar refractivity (Wildman–Crippen MR) is 68.4 cm³/mol. The van der Waals surface area contributed by atoms with Crippen molar-refractivity contribution in [1.82, 2.24) is 4.90 Å². The molecule has 2 aliphatic rings. The molecule has 0 saturated carbocycles. The first-order valence-electron chi connectivity index (χ1n) is 6.98. The summed E-state index contributed by atoms with van der Waals surface area (Å²) in [6, 6.07) is 0. The maximum atomic E-state index is 11.9. The van der Waals surface area contributed by atoms with Crippen LogP contribution in [0.1, 0.15) is 19.3 Å². The highest BCUT2D eigenvalue weighted by Crippen LogP contribution is 2.12. The lowest BCUT2D eigenvalue weighted by atomic mass is 10.2. The second-order valence-electron chi connectivity index (χ2n) is 5.00. The number of carboxylic acids is 1. The van der Waals surface area contributed by atoms with E-state index in [0.717, 1.165) is 19.4 Å². The zero-order valence-electron chi connectivity index (χ0n) is 11.5. The number of rotatable bonds is 6. The third-order valence-electron chi connectivity index (χ3n) is 3.48. The van der Waals surface area contributed by atoms with E-state index >= 15 is 0 Å². The molecule has 2 fully saturated rings. The highest BCUT2D eigenvalue weighted by Gasteiger charge is 2.28. The van der Waals surface area contributed by atoms with Crippen molar-refractivity contribution >= 4 is 11.9 Å². The first-order valence-corrected chi connectivity index (χ1v) is 6.98. The number of amides is 1. The minimum absolute atomic E-state index is 0.0908. The van der Waals surface area contributed by atoms with E-state index in [1.54, 1.807) is 0 Å². The van der Waals surface area contributed by atoms with E-state index in [1.165, 1.54) is 4.90 Å². The Morgan fingerprint density at radius 3 is 2.85 bits per heavy atom. The second kappa shape index (κ2) is 7.56. The van der Waals surface area contributed by atoms with Crippen LogP contribution in [0.25, 0.3) is 0 Å². The topological polar surface area (TPSA) is 85.3 Å². The molecule has 2 aliphatic heterocycles. The van der Waals surface area contributed by atoms with Crippen LogP contribution < -0.4 is 0 Å². The van der Waals surface area contributed by atoms with Crippen LogP contribution in [0.15, 0.2) is 0 Å². The van der Waals surface area contributed by atoms with Gasteiger partial charge in [0.1, 0.15) is 0 Å². The van der Waals surface area contributed by atoms with Crippen LogP contribution >= 0.6 is 0 Å². The van der Waals surface area contributed by atoms with Gasteiger partial charge in [-0.15, -0.1) is 0 Å². The lowest BCUT2D eigenvalue weighted by Crippen LogP contribution is -2.48. The Balaban J connectivity index is 1.62. The Morgan fingerprint density at radius 1 is 1.30 bits per heavy atom. The quantitative estimate of drug-likeness (QED) is 0.686. The molecule has 2 heterocycles. The van der Waals surface area contributed by atoms with Crippen molar-refractivity contribution in [3.05, 3.63) is 0 Å². The van der Waals surface area contributed by atoms with Gasteiger partial charge in [-0.3, -0.25) is 4.79 Å². The molecular weight excluding hydrogens is 266 g/mol. The number of ether oxygens (including phenoxy) is 3. The van der Waals surface area contributed by atoms with Crippen LogP contribution in [0.5, 0.6) is 0 Å². The number of carboxylic acid groups (broad SMARTS) is 1. The number of morpholine rings is 1. The lowest BCUT2D eigenvalue weighted by molar-refractivity contribution is -0.159. The standard InChI is InChI=1S/C13H21NO6/c15-12(3-6-18-9-10-2-1-5-19-10)14-4-7-20-11(8-14)13(16)17/h10-11H,1-9H2,(H,16,17)/t10-,11-/m0/s1. The van der Waals surface area contributed by atoms with Gasteiger partial charge in [0.2, 0.25) is 5.91 Å². The molecule has 0 aromatic rings. The maximum Gasteiger partial charge on any atom is 0.334 e. The monoisotopic (exact) mass is 287 g/mol. The Hall–Kier alpha value is -1.18. The van der Waals surface area contributed by atoms with Crippen molar-refractivity contribution in [3.63, 3.8) is 0 Å². The molecule has 0 spiro atoms. The zero-order chi connectivity index (χ0) is 14.4. The van der Waals surface area contributed by atoms with Crippen molar-refractivity contribution in [2.45, 2.75) is 31.5 Å². The number of hydrogen-bond donors (Lipinski definition) is 1. The van der Waals surface area contributed by atoms with Crippen molar-refractivity contribution in [3.8, 4) is 0 Å². The van der Waals surface area contributed by atoms with Gasteiger partial charge in [0.05, 0.1) is 38.9 Å². The normalized spacial score (nSPS) is 26.7. The average molecular weight is 287 g/mol. The molecule has 0 bridgehead atoms. The fourth-order valence-corrected chi connectivity index (χ4v) is 2.33. The van der Waals surface area contributed by atoms with Crippen LogP contribution in [0.2, 0.25) is 0 Å². The number of aliphatic carboxylic acids is 1. The van der Waals surface area contributed by atoms with Crippen LogP contribution in [0.3, 0.4) is 0 Å². The summed E-state index contributed by atoms with van der Waals surface area (Å²) in [5.41, 5.74) is 0. The summed E-state index contributed by atoms with van der Waals surface area (Å²) >= 11 is 0. The first kappa shape index (κ1) is 15.2. The largest absolute Gasteiger partial charge is 0.479 e. The Bertz CT molecular complexity index is 342. The Labute approximate surface area is 117 Å². The summed E-state index contributed by atoms with van der Waals surface area (Å²) in [7, 11) is 0. The van der Waals surface area contributed by atoms with E-state index < -0.39 is 12.1 Å². The van der Waals surface area contributed by atoms with Crippen LogP contribution in [-0.2, 0) is 23.8 Å². The Morgan fingerprint density at radius 2 is 2.15 bits per heavy atom. The third kappa shape index (κ3) is 4.43. The van der Waals surface area contributed by atoms with Gasteiger partial charge in [-0.2, -0.15) is 0 Å². The number of nitrogens with zero attached hydrogens (tertiary/aromatic N) is 1. The van der Waals surface area contributed by atoms with Crippen LogP contribution in [-0.4, -0.2) is 73.6 Å². The molecule has 2 rings (SSSR count). The molecule has 1 amide bonds. The van der Waals surface area contributed by atoms with Gasteiger partial charge < -0.3 is 24.2 Å². The number of hydrogen-bond acceptors (Lipinski definition) is 5. The molecule has 0 aliphatic carbocycles. The molecule has 2 atom stereocenters. The second-order valence-corrected chi connectivity index (χ2v) is 5.00. The van der Waals surface area contributed by atoms with Crippen molar-refractivity contribution in [2.75, 3.05) is 39.5 Å². The molecule has 20 heavy (non-hydrogen) atoms. The van der Waals surface area contributed by atoms with Gasteiger partial charge in [-0.05, 0) is 12.8 Å². The molecule has 0 unspecified atom stereocenters. The summed E-state index contributed by atoms with van der Waals surface area (Å²) in [6.07, 6.45) is 1.58. The fraction of sp³-hybridized carbons (Fsp3) is 0.846. The van der Waals surface area contributed by atoms with Crippen LogP contribution in [0, 0.1) is 0 Å². The van der Waals surface area contributed by atoms with E-state index in [9.17, 15) is 9.59 Å². The summed E-state index contributed by atoms with van der Waals surface area (Å²) in [4.78, 5) is 24.3. The van der Waals surface area contributed by atoms with Gasteiger partial charge >= 0.3 is 5.97 Å². The summed E-state index contributed by atoms with van der Waals surface area (Å²) in [5, 5.41) is 8.87. The van der Waals surface area contributed by atoms with E-state index in [4.69, 9.17) is 19.3 Å². The molecule has 7 nitrogen and oxygen atoms in total. The highest BCUT2D eigenvalue weighted by atomic mass is 16.5. The average Bonchev–Trinajstić information content (AvgIpc) is 2.96. The summed E-state index contributed by atoms with van der Waals surface area (Å²) in [5.74, 6) is -1.12. The van der Waals surface area contributed by atoms with Gasteiger partial charge in [-0.25, -0.2) is 4.79 Å². The van der Waals surface area contributed by atoms with E-state index in [0.29, 0.717) is 19.8 Å². The third-order valence-corrected chi connectivity index (χ3v) is 3.48. The number of carbonyl (C=O) groups excluding carboxylic acids is 1. The molecule has 2 saturated heterocycles. The maximum absolute atomic E-state index is 11.9. The number of carbonyl (C=O) groups is 2. The highest BCUT2D eigenvalue weighted by molar-refractivity contribution is 5.78. The molecule has 114 valence electrons. The van der Waals surface area contributed by atoms with E-state index in [2.05, 4.69) is 0 Å². The van der Waals surface area contributed by atoms with Gasteiger partial charge in [0, 0.05) is 13.2 Å². The van der Waals surface area contributed by atoms with Crippen LogP contribution in [0.4, 0.5) is 0 Å². The first-order chi connectivity index (χ1) is 9.66. The van der Waals surface area contributed by atoms with Crippen molar-refractivity contribution in [1.29, 1.82) is 0 Å². The van der Waals surface area contributed by atoms with Crippen molar-refractivity contribution in [2.24, 2.45) is 0 Å². The van der Waals surface area contributed by atoms with Crippen molar-refractivity contribution < 1.29 is 28.9 Å². The molecule has 0 aromatic carbocycles. The van der Waals surface area contributed by atoms with E-state index in [1.807, 2.05) is 0 Å². The summed E-state index contributed by atoms with van der Waals surface area (Å²) < 4.78 is 15.9. The lowest BCUT2D eigenvalue weighted by Gasteiger charge is -2.30. The molecular formula is C13H21NO6. The Kier molecular flexibility index (Phi) is 5.75. The van der Waals surface area contributed by atoms with Gasteiger partial charge in [-0.1, -0.05) is 0 Å². The smallest absolute Gasteiger partial charge is 0.334 e. The zero-order valence-corrected chi connectivity index (χ0v) is 11.5. The minimum Gasteiger partial charge on any atom is -0.479 e. The summed E-state index contributed by atoms with van der Waals surface area (Å²) in [6.45, 7) is 2.47. The van der Waals surface area contributed by atoms with E-state index in [-0.39, 0.29) is 31.6 Å². The minimum atomic E-state index is -1.03. The molecule has 1 N–H and O–H groups in total. The predicted octanol–water partition coefficient (Wildman–Crippen LogP) is -0.116. The molecule has 7 heteroatoms. The molecule has 0 radical (unpaired) electrons. The SMILES string of the molecule is O=C(O)[C@@H]1CN(C(=O)CCOC[C@@H]2CCCO2)CCO1. The van der Waals surface area contributed by atoms with Gasteiger partial charge in [0.15, 0.2) is 6.10 Å². The molecule has 0 aromatic heterocycles. The fourth-order valence-electron chi connectivity index (χ4n) is 2.33.